The van der Waals surface area contributed by atoms with Gasteiger partial charge in [-0.05, 0) is 0 Å². The fourth-order valence-electron chi connectivity index (χ4n) is 0.152. The van der Waals surface area contributed by atoms with Crippen molar-refractivity contribution in [3.05, 3.63) is 0 Å². The topological polar surface area (TPSA) is 58.9 Å². The van der Waals surface area contributed by atoms with Gasteiger partial charge >= 0.3 is 65.4 Å². The molecule has 4 nitrogen and oxygen atoms in total. The molecule has 1 unspecified atom stereocenters. The molecule has 0 amide bonds. The van der Waals surface area contributed by atoms with Crippen LogP contribution in [0.5, 0.6) is 0 Å². The summed E-state index contributed by atoms with van der Waals surface area (Å²) in [6, 6.07) is 0. The molecule has 0 saturated carbocycles. The first kappa shape index (κ1) is 8.98. The van der Waals surface area contributed by atoms with Crippen LogP contribution >= 0.6 is 27.2 Å². The van der Waals surface area contributed by atoms with Crippen molar-refractivity contribution in [1.82, 2.24) is 0 Å². The standard InChI is InChI=1S/C2HBIN2O2P/c4-9(6-2-8)3-5-1-7/h9H. The van der Waals surface area contributed by atoms with E-state index in [9.17, 15) is 9.59 Å². The van der Waals surface area contributed by atoms with E-state index >= 15 is 0 Å². The molecule has 0 aromatic rings. The van der Waals surface area contributed by atoms with Crippen LogP contribution in [0.4, 0.5) is 0 Å². The summed E-state index contributed by atoms with van der Waals surface area (Å²) >= 11 is 1.91. The second-order valence-electron chi connectivity index (χ2n) is 0.875. The molecule has 0 fully saturated rings. The van der Waals surface area contributed by atoms with E-state index in [0.29, 0.717) is 0 Å². The first-order valence-corrected chi connectivity index (χ1v) is 6.45. The van der Waals surface area contributed by atoms with Gasteiger partial charge in [-0.1, -0.05) is 0 Å². The Morgan fingerprint density at radius 3 is 2.56 bits per heavy atom. The van der Waals surface area contributed by atoms with E-state index in [1.807, 2.05) is 22.0 Å². The summed E-state index contributed by atoms with van der Waals surface area (Å²) in [6.45, 7) is 1.29. The fraction of sp³-hybridized carbons (Fsp3) is 0. The molecule has 0 rings (SSSR count). The number of halogens is 1. The molecule has 0 N–H and O–H groups in total. The zero-order chi connectivity index (χ0) is 7.11. The van der Waals surface area contributed by atoms with Crippen LogP contribution in [0.15, 0.2) is 9.67 Å². The zero-order valence-electron chi connectivity index (χ0n) is 4.17. The quantitative estimate of drug-likeness (QED) is 0.239. The number of hydrogen-bond acceptors (Lipinski definition) is 3. The Hall–Kier alpha value is -0.0151. The molecule has 0 bridgehead atoms. The van der Waals surface area contributed by atoms with E-state index in [2.05, 4.69) is 9.67 Å². The van der Waals surface area contributed by atoms with Crippen molar-refractivity contribution in [2.45, 2.75) is 0 Å². The van der Waals surface area contributed by atoms with E-state index < -0.39 is 5.21 Å². The van der Waals surface area contributed by atoms with E-state index in [4.69, 9.17) is 0 Å². The van der Waals surface area contributed by atoms with Crippen molar-refractivity contribution in [3.8, 4) is 0 Å². The molecule has 0 saturated heterocycles. The number of rotatable bonds is 2. The Morgan fingerprint density at radius 2 is 2.11 bits per heavy atom. The van der Waals surface area contributed by atoms with Crippen molar-refractivity contribution >= 4 is 46.2 Å². The number of carbonyl (C=O) groups excluding carboxylic acids is 2. The predicted molar refractivity (Wildman–Crippen MR) is 44.3 cm³/mol. The first-order chi connectivity index (χ1) is 4.31. The molecule has 9 heavy (non-hydrogen) atoms. The third kappa shape index (κ3) is 5.86. The molecule has 1 atom stereocenters. The number of nitrogens with zero attached hydrogens (tertiary/aromatic N) is 2. The molecule has 0 heterocycles. The van der Waals surface area contributed by atoms with Gasteiger partial charge in [0.05, 0.1) is 0 Å². The van der Waals surface area contributed by atoms with Gasteiger partial charge in [0.25, 0.3) is 0 Å². The van der Waals surface area contributed by atoms with Gasteiger partial charge < -0.3 is 0 Å². The maximum atomic E-state index is 9.55. The van der Waals surface area contributed by atoms with E-state index in [-0.39, 0.29) is 0 Å². The average molecular weight is 254 g/mol. The van der Waals surface area contributed by atoms with Crippen molar-refractivity contribution in [1.29, 1.82) is 0 Å². The fourth-order valence-corrected chi connectivity index (χ4v) is 1.17. The van der Waals surface area contributed by atoms with Crippen LogP contribution in [0.25, 0.3) is 0 Å². The third-order valence-corrected chi connectivity index (χ3v) is 2.58. The second kappa shape index (κ2) is 6.11. The van der Waals surface area contributed by atoms with Gasteiger partial charge in [-0.2, -0.15) is 0 Å². The molecule has 0 aliphatic carbocycles. The van der Waals surface area contributed by atoms with Gasteiger partial charge in [-0.3, -0.25) is 0 Å². The Labute approximate surface area is 65.6 Å². The SMILES string of the molecule is O=C=NB=[PH](I)N=C=O. The summed E-state index contributed by atoms with van der Waals surface area (Å²) in [7, 11) is 0. The Kier molecular flexibility index (Phi) is 6.10. The Balaban J connectivity index is 4.15. The average Bonchev–Trinajstić information content (AvgIpc) is 1.85. The predicted octanol–water partition coefficient (Wildman–Crippen LogP) is 0.671. The molecule has 0 aliphatic rings. The monoisotopic (exact) mass is 254 g/mol. The van der Waals surface area contributed by atoms with Crippen molar-refractivity contribution in [2.24, 2.45) is 9.67 Å². The third-order valence-electron chi connectivity index (χ3n) is 0.376. The molecule has 7 heteroatoms. The summed E-state index contributed by atoms with van der Waals surface area (Å²) in [5.41, 5.74) is 0. The van der Waals surface area contributed by atoms with Gasteiger partial charge in [0.2, 0.25) is 0 Å². The second-order valence-corrected chi connectivity index (χ2v) is 5.32. The molecule has 0 aromatic heterocycles. The van der Waals surface area contributed by atoms with Gasteiger partial charge in [0.1, 0.15) is 0 Å². The first-order valence-electron chi connectivity index (χ1n) is 1.81. The molecule has 46 valence electrons. The minimum absolute atomic E-state index is 1.29. The molecule has 0 spiro atoms. The van der Waals surface area contributed by atoms with Crippen LogP contribution in [0, 0.1) is 0 Å². The van der Waals surface area contributed by atoms with Crippen LogP contribution in [-0.2, 0) is 9.59 Å². The van der Waals surface area contributed by atoms with Gasteiger partial charge in [0, 0.05) is 0 Å². The maximum absolute atomic E-state index is 9.55. The molecular formula is C2HBIN2O2P. The number of isocyanates is 2. The zero-order valence-corrected chi connectivity index (χ0v) is 7.32. The molecule has 0 aromatic carbocycles. The molecule has 0 aliphatic heterocycles. The summed E-state index contributed by atoms with van der Waals surface area (Å²) in [6.07, 6.45) is 2.68. The van der Waals surface area contributed by atoms with Crippen molar-refractivity contribution in [2.75, 3.05) is 0 Å². The van der Waals surface area contributed by atoms with Crippen molar-refractivity contribution < 1.29 is 9.59 Å². The molecule has 0 radical (unpaired) electrons. The summed E-state index contributed by atoms with van der Waals surface area (Å²) < 4.78 is 3.32. The van der Waals surface area contributed by atoms with Crippen LogP contribution < -0.4 is 0 Å². The summed E-state index contributed by atoms with van der Waals surface area (Å²) in [5.74, 6) is 0. The van der Waals surface area contributed by atoms with E-state index in [1.165, 1.54) is 18.9 Å². The summed E-state index contributed by atoms with van der Waals surface area (Å²) in [5, 5.41) is -1.29. The van der Waals surface area contributed by atoms with Crippen LogP contribution in [0.2, 0.25) is 0 Å². The van der Waals surface area contributed by atoms with Crippen LogP contribution in [0.1, 0.15) is 0 Å². The van der Waals surface area contributed by atoms with Gasteiger partial charge in [-0.25, -0.2) is 0 Å². The van der Waals surface area contributed by atoms with Crippen molar-refractivity contribution in [3.63, 3.8) is 0 Å². The normalized spacial score (nSPS) is 10.3. The van der Waals surface area contributed by atoms with Gasteiger partial charge in [-0.15, -0.1) is 0 Å². The van der Waals surface area contributed by atoms with E-state index in [0.717, 1.165) is 0 Å². The Morgan fingerprint density at radius 1 is 1.44 bits per heavy atom. The van der Waals surface area contributed by atoms with Gasteiger partial charge in [0.15, 0.2) is 0 Å². The number of hydrogen-bond donors (Lipinski definition) is 0. The van der Waals surface area contributed by atoms with Crippen LogP contribution in [-0.4, -0.2) is 18.9 Å². The molecular weight excluding hydrogens is 253 g/mol. The van der Waals surface area contributed by atoms with Crippen LogP contribution in [0.3, 0.4) is 0 Å². The summed E-state index contributed by atoms with van der Waals surface area (Å²) in [4.78, 5) is 22.1. The van der Waals surface area contributed by atoms with E-state index in [1.54, 1.807) is 0 Å². The minimum atomic E-state index is -1.29. The Bertz CT molecular complexity index is 217.